The number of ether oxygens (including phenoxy) is 1. The second-order valence-electron chi connectivity index (χ2n) is 4.12. The summed E-state index contributed by atoms with van der Waals surface area (Å²) >= 11 is 0. The number of carboxylic acids is 1. The van der Waals surface area contributed by atoms with E-state index in [0.717, 1.165) is 11.4 Å². The fraction of sp³-hybridized carbons (Fsp3) is 0.143. The summed E-state index contributed by atoms with van der Waals surface area (Å²) in [5.74, 6) is -0.787. The third kappa shape index (κ3) is 3.22. The SMILES string of the molecule is Cc1cccc(COc2ccc(N)cc2C(=O)O)n1. The Morgan fingerprint density at radius 3 is 2.84 bits per heavy atom. The largest absolute Gasteiger partial charge is 0.486 e. The smallest absolute Gasteiger partial charge is 0.339 e. The van der Waals surface area contributed by atoms with E-state index in [1.54, 1.807) is 12.1 Å². The number of rotatable bonds is 4. The molecule has 0 spiro atoms. The van der Waals surface area contributed by atoms with Gasteiger partial charge in [0.25, 0.3) is 0 Å². The van der Waals surface area contributed by atoms with Gasteiger partial charge in [0.15, 0.2) is 0 Å². The van der Waals surface area contributed by atoms with Crippen molar-refractivity contribution in [3.8, 4) is 5.75 Å². The van der Waals surface area contributed by atoms with Crippen molar-refractivity contribution in [2.75, 3.05) is 5.73 Å². The Morgan fingerprint density at radius 1 is 1.37 bits per heavy atom. The highest BCUT2D eigenvalue weighted by atomic mass is 16.5. The van der Waals surface area contributed by atoms with Gasteiger partial charge in [-0.3, -0.25) is 4.98 Å². The molecule has 5 heteroatoms. The molecule has 0 aliphatic carbocycles. The number of anilines is 1. The molecule has 0 bridgehead atoms. The topological polar surface area (TPSA) is 85.4 Å². The minimum atomic E-state index is -1.07. The van der Waals surface area contributed by atoms with Gasteiger partial charge in [0.2, 0.25) is 0 Å². The zero-order valence-corrected chi connectivity index (χ0v) is 10.5. The van der Waals surface area contributed by atoms with Gasteiger partial charge in [-0.15, -0.1) is 0 Å². The third-order valence-corrected chi connectivity index (χ3v) is 2.56. The van der Waals surface area contributed by atoms with Crippen molar-refractivity contribution in [2.24, 2.45) is 0 Å². The molecule has 0 fully saturated rings. The van der Waals surface area contributed by atoms with Gasteiger partial charge in [-0.2, -0.15) is 0 Å². The highest BCUT2D eigenvalue weighted by molar-refractivity contribution is 5.92. The van der Waals surface area contributed by atoms with E-state index >= 15 is 0 Å². The summed E-state index contributed by atoms with van der Waals surface area (Å²) in [5.41, 5.74) is 7.63. The van der Waals surface area contributed by atoms with E-state index in [0.29, 0.717) is 5.69 Å². The summed E-state index contributed by atoms with van der Waals surface area (Å²) in [7, 11) is 0. The van der Waals surface area contributed by atoms with Crippen molar-refractivity contribution in [1.29, 1.82) is 0 Å². The second-order valence-corrected chi connectivity index (χ2v) is 4.12. The summed E-state index contributed by atoms with van der Waals surface area (Å²) in [6.45, 7) is 2.10. The first kappa shape index (κ1) is 12.9. The predicted molar refractivity (Wildman–Crippen MR) is 71.1 cm³/mol. The maximum absolute atomic E-state index is 11.1. The van der Waals surface area contributed by atoms with Crippen molar-refractivity contribution >= 4 is 11.7 Å². The molecule has 0 saturated heterocycles. The molecule has 2 aromatic rings. The average molecular weight is 258 g/mol. The number of nitrogen functional groups attached to an aromatic ring is 1. The number of benzene rings is 1. The molecule has 0 amide bonds. The number of aromatic nitrogens is 1. The lowest BCUT2D eigenvalue weighted by molar-refractivity contribution is 0.0691. The summed E-state index contributed by atoms with van der Waals surface area (Å²) in [6.07, 6.45) is 0. The Morgan fingerprint density at radius 2 is 2.16 bits per heavy atom. The number of aromatic carboxylic acids is 1. The lowest BCUT2D eigenvalue weighted by Crippen LogP contribution is -2.05. The number of aryl methyl sites for hydroxylation is 1. The molecule has 0 atom stereocenters. The van der Waals surface area contributed by atoms with Gasteiger partial charge in [0.05, 0.1) is 5.69 Å². The molecule has 19 heavy (non-hydrogen) atoms. The average Bonchev–Trinajstić information content (AvgIpc) is 2.37. The molecule has 1 aromatic carbocycles. The Balaban J connectivity index is 2.17. The van der Waals surface area contributed by atoms with Crippen LogP contribution in [0.1, 0.15) is 21.7 Å². The quantitative estimate of drug-likeness (QED) is 0.821. The molecule has 0 aliphatic rings. The van der Waals surface area contributed by atoms with Crippen LogP contribution in [-0.2, 0) is 6.61 Å². The maximum Gasteiger partial charge on any atom is 0.339 e. The normalized spacial score (nSPS) is 10.2. The van der Waals surface area contributed by atoms with E-state index in [2.05, 4.69) is 4.98 Å². The predicted octanol–water partition coefficient (Wildman–Crippen LogP) is 2.25. The van der Waals surface area contributed by atoms with Crippen LogP contribution < -0.4 is 10.5 Å². The van der Waals surface area contributed by atoms with E-state index in [1.807, 2.05) is 25.1 Å². The highest BCUT2D eigenvalue weighted by Crippen LogP contribution is 2.22. The van der Waals surface area contributed by atoms with Crippen LogP contribution >= 0.6 is 0 Å². The first-order valence-electron chi connectivity index (χ1n) is 5.74. The molecule has 1 aromatic heterocycles. The number of carbonyl (C=O) groups is 1. The van der Waals surface area contributed by atoms with Crippen molar-refractivity contribution in [3.63, 3.8) is 0 Å². The van der Waals surface area contributed by atoms with Crippen LogP contribution in [0.3, 0.4) is 0 Å². The molecule has 98 valence electrons. The standard InChI is InChI=1S/C14H14N2O3/c1-9-3-2-4-11(16-9)8-19-13-6-5-10(15)7-12(13)14(17)18/h2-7H,8,15H2,1H3,(H,17,18). The number of hydrogen-bond donors (Lipinski definition) is 2. The summed E-state index contributed by atoms with van der Waals surface area (Å²) in [4.78, 5) is 15.4. The van der Waals surface area contributed by atoms with Crippen LogP contribution in [0.4, 0.5) is 5.69 Å². The minimum absolute atomic E-state index is 0.0488. The van der Waals surface area contributed by atoms with E-state index in [-0.39, 0.29) is 17.9 Å². The van der Waals surface area contributed by atoms with Crippen molar-refractivity contribution < 1.29 is 14.6 Å². The lowest BCUT2D eigenvalue weighted by atomic mass is 10.2. The first-order chi connectivity index (χ1) is 9.06. The van der Waals surface area contributed by atoms with Crippen molar-refractivity contribution in [1.82, 2.24) is 4.98 Å². The highest BCUT2D eigenvalue weighted by Gasteiger charge is 2.12. The molecule has 2 rings (SSSR count). The molecule has 0 radical (unpaired) electrons. The number of hydrogen-bond acceptors (Lipinski definition) is 4. The Hall–Kier alpha value is -2.56. The van der Waals surface area contributed by atoms with Gasteiger partial charge >= 0.3 is 5.97 Å². The van der Waals surface area contributed by atoms with Crippen LogP contribution in [-0.4, -0.2) is 16.1 Å². The Labute approximate surface area is 110 Å². The van der Waals surface area contributed by atoms with E-state index < -0.39 is 5.97 Å². The molecule has 0 aliphatic heterocycles. The monoisotopic (exact) mass is 258 g/mol. The van der Waals surface area contributed by atoms with Gasteiger partial charge in [-0.1, -0.05) is 6.07 Å². The van der Waals surface area contributed by atoms with Crippen LogP contribution in [0.5, 0.6) is 5.75 Å². The molecule has 1 heterocycles. The van der Waals surface area contributed by atoms with E-state index in [1.165, 1.54) is 6.07 Å². The van der Waals surface area contributed by atoms with Gasteiger partial charge in [0.1, 0.15) is 17.9 Å². The summed E-state index contributed by atoms with van der Waals surface area (Å²) < 4.78 is 5.50. The van der Waals surface area contributed by atoms with Crippen molar-refractivity contribution in [3.05, 3.63) is 53.3 Å². The van der Waals surface area contributed by atoms with E-state index in [4.69, 9.17) is 15.6 Å². The maximum atomic E-state index is 11.1. The molecular weight excluding hydrogens is 244 g/mol. The van der Waals surface area contributed by atoms with Crippen molar-refractivity contribution in [2.45, 2.75) is 13.5 Å². The molecule has 0 saturated carbocycles. The van der Waals surface area contributed by atoms with Gasteiger partial charge in [-0.25, -0.2) is 4.79 Å². The molecule has 3 N–H and O–H groups in total. The number of carboxylic acid groups (broad SMARTS) is 1. The molecular formula is C14H14N2O3. The fourth-order valence-corrected chi connectivity index (χ4v) is 1.67. The fourth-order valence-electron chi connectivity index (χ4n) is 1.67. The Bertz CT molecular complexity index is 611. The first-order valence-corrected chi connectivity index (χ1v) is 5.74. The van der Waals surface area contributed by atoms with Gasteiger partial charge < -0.3 is 15.6 Å². The third-order valence-electron chi connectivity index (χ3n) is 2.56. The summed E-state index contributed by atoms with van der Waals surface area (Å²) in [5, 5.41) is 9.08. The number of nitrogens with two attached hydrogens (primary N) is 1. The van der Waals surface area contributed by atoms with Crippen LogP contribution in [0.2, 0.25) is 0 Å². The van der Waals surface area contributed by atoms with Crippen LogP contribution in [0.15, 0.2) is 36.4 Å². The van der Waals surface area contributed by atoms with Gasteiger partial charge in [-0.05, 0) is 37.3 Å². The molecule has 5 nitrogen and oxygen atoms in total. The van der Waals surface area contributed by atoms with Crippen LogP contribution in [0, 0.1) is 6.92 Å². The number of pyridine rings is 1. The minimum Gasteiger partial charge on any atom is -0.486 e. The van der Waals surface area contributed by atoms with Gasteiger partial charge in [0, 0.05) is 11.4 Å². The zero-order chi connectivity index (χ0) is 13.8. The number of nitrogens with zero attached hydrogens (tertiary/aromatic N) is 1. The second kappa shape index (κ2) is 5.39. The zero-order valence-electron chi connectivity index (χ0n) is 10.5. The Kier molecular flexibility index (Phi) is 3.66. The summed E-state index contributed by atoms with van der Waals surface area (Å²) in [6, 6.07) is 10.1. The molecule has 0 unspecified atom stereocenters. The van der Waals surface area contributed by atoms with Crippen LogP contribution in [0.25, 0.3) is 0 Å². The lowest BCUT2D eigenvalue weighted by Gasteiger charge is -2.09. The van der Waals surface area contributed by atoms with E-state index in [9.17, 15) is 4.79 Å².